The van der Waals surface area contributed by atoms with Crippen LogP contribution in [0.3, 0.4) is 0 Å². The van der Waals surface area contributed by atoms with Crippen LogP contribution in [0.15, 0.2) is 34.8 Å². The molecule has 0 unspecified atom stereocenters. The maximum Gasteiger partial charge on any atom is 0.167 e. The van der Waals surface area contributed by atoms with Crippen LogP contribution in [-0.4, -0.2) is 12.9 Å². The lowest BCUT2D eigenvalue weighted by Gasteiger charge is -2.12. The Hall–Kier alpha value is -1.61. The van der Waals surface area contributed by atoms with Crippen LogP contribution in [0.25, 0.3) is 0 Å². The lowest BCUT2D eigenvalue weighted by atomic mass is 9.93. The van der Waals surface area contributed by atoms with Gasteiger partial charge in [0, 0.05) is 22.0 Å². The molecule has 0 N–H and O–H groups in total. The Labute approximate surface area is 134 Å². The Morgan fingerprint density at radius 1 is 1.10 bits per heavy atom. The summed E-state index contributed by atoms with van der Waals surface area (Å²) in [7, 11) is 1.62. The number of rotatable bonds is 4. The first-order valence-corrected chi connectivity index (χ1v) is 7.65. The van der Waals surface area contributed by atoms with Gasteiger partial charge in [-0.1, -0.05) is 33.6 Å². The fraction of sp³-hybridized carbons (Fsp3) is 0.278. The van der Waals surface area contributed by atoms with Gasteiger partial charge in [0.2, 0.25) is 0 Å². The molecule has 2 aromatic rings. The summed E-state index contributed by atoms with van der Waals surface area (Å²) >= 11 is 3.44. The summed E-state index contributed by atoms with van der Waals surface area (Å²) in [6.07, 6.45) is 0.341. The highest BCUT2D eigenvalue weighted by Crippen LogP contribution is 2.26. The van der Waals surface area contributed by atoms with Gasteiger partial charge in [0.25, 0.3) is 0 Å². The largest absolute Gasteiger partial charge is 0.496 e. The van der Waals surface area contributed by atoms with E-state index in [0.717, 1.165) is 32.5 Å². The number of ketones is 1. The quantitative estimate of drug-likeness (QED) is 0.742. The highest BCUT2D eigenvalue weighted by Gasteiger charge is 2.16. The molecule has 2 nitrogen and oxygen atoms in total. The van der Waals surface area contributed by atoms with Gasteiger partial charge < -0.3 is 4.74 Å². The van der Waals surface area contributed by atoms with Crippen molar-refractivity contribution in [1.29, 1.82) is 0 Å². The third kappa shape index (κ3) is 3.53. The van der Waals surface area contributed by atoms with Gasteiger partial charge in [0.15, 0.2) is 5.78 Å². The maximum atomic E-state index is 12.7. The van der Waals surface area contributed by atoms with E-state index >= 15 is 0 Å². The lowest BCUT2D eigenvalue weighted by molar-refractivity contribution is 0.0991. The molecule has 2 rings (SSSR count). The average molecular weight is 347 g/mol. The molecule has 0 heterocycles. The van der Waals surface area contributed by atoms with Gasteiger partial charge in [-0.25, -0.2) is 0 Å². The summed E-state index contributed by atoms with van der Waals surface area (Å²) in [5.74, 6) is 0.871. The summed E-state index contributed by atoms with van der Waals surface area (Å²) in [5, 5.41) is 0. The highest BCUT2D eigenvalue weighted by molar-refractivity contribution is 9.10. The Bertz CT molecular complexity index is 667. The first kappa shape index (κ1) is 15.8. The molecule has 0 bridgehead atoms. The molecule has 0 amide bonds. The fourth-order valence-corrected chi connectivity index (χ4v) is 3.18. The highest BCUT2D eigenvalue weighted by atomic mass is 79.9. The molecule has 21 heavy (non-hydrogen) atoms. The van der Waals surface area contributed by atoms with Gasteiger partial charge in [-0.3, -0.25) is 4.79 Å². The molecule has 0 saturated carbocycles. The Kier molecular flexibility index (Phi) is 4.84. The van der Waals surface area contributed by atoms with Crippen LogP contribution in [0, 0.1) is 20.8 Å². The Balaban J connectivity index is 2.37. The summed E-state index contributed by atoms with van der Waals surface area (Å²) in [5.41, 5.74) is 4.97. The zero-order valence-electron chi connectivity index (χ0n) is 12.8. The fourth-order valence-electron chi connectivity index (χ4n) is 2.77. The van der Waals surface area contributed by atoms with Gasteiger partial charge in [-0.05, 0) is 50.1 Å². The molecule has 0 radical (unpaired) electrons. The zero-order valence-corrected chi connectivity index (χ0v) is 14.4. The van der Waals surface area contributed by atoms with Gasteiger partial charge in [0.1, 0.15) is 5.75 Å². The third-order valence-corrected chi connectivity index (χ3v) is 4.04. The summed E-state index contributed by atoms with van der Waals surface area (Å²) in [6.45, 7) is 6.03. The number of carbonyl (C=O) groups is 1. The second-order valence-corrected chi connectivity index (χ2v) is 6.25. The zero-order chi connectivity index (χ0) is 15.6. The van der Waals surface area contributed by atoms with E-state index in [-0.39, 0.29) is 5.78 Å². The van der Waals surface area contributed by atoms with Crippen molar-refractivity contribution in [3.05, 3.63) is 62.6 Å². The third-order valence-electron chi connectivity index (χ3n) is 3.55. The minimum Gasteiger partial charge on any atom is -0.496 e. The minimum atomic E-state index is 0.126. The number of Topliss-reactive ketones (excluding diaryl/α,β-unsaturated/α-hetero) is 1. The topological polar surface area (TPSA) is 26.3 Å². The number of hydrogen-bond acceptors (Lipinski definition) is 2. The molecule has 110 valence electrons. The van der Waals surface area contributed by atoms with Crippen LogP contribution in [0.4, 0.5) is 0 Å². The van der Waals surface area contributed by atoms with E-state index in [1.807, 2.05) is 39.0 Å². The van der Waals surface area contributed by atoms with Gasteiger partial charge in [-0.15, -0.1) is 0 Å². The molecule has 0 fully saturated rings. The Morgan fingerprint density at radius 3 is 2.29 bits per heavy atom. The maximum absolute atomic E-state index is 12.7. The molecule has 2 aromatic carbocycles. The van der Waals surface area contributed by atoms with Crippen LogP contribution in [-0.2, 0) is 6.42 Å². The molecule has 3 heteroatoms. The van der Waals surface area contributed by atoms with Crippen LogP contribution >= 0.6 is 15.9 Å². The summed E-state index contributed by atoms with van der Waals surface area (Å²) in [4.78, 5) is 12.7. The van der Waals surface area contributed by atoms with Crippen molar-refractivity contribution in [2.24, 2.45) is 0 Å². The monoisotopic (exact) mass is 346 g/mol. The van der Waals surface area contributed by atoms with E-state index in [4.69, 9.17) is 4.74 Å². The first-order valence-electron chi connectivity index (χ1n) is 6.86. The first-order chi connectivity index (χ1) is 9.92. The van der Waals surface area contributed by atoms with E-state index in [1.54, 1.807) is 7.11 Å². The molecule has 0 spiro atoms. The van der Waals surface area contributed by atoms with E-state index in [9.17, 15) is 4.79 Å². The van der Waals surface area contributed by atoms with Crippen molar-refractivity contribution in [2.45, 2.75) is 27.2 Å². The molecule has 0 aliphatic heterocycles. The van der Waals surface area contributed by atoms with Crippen molar-refractivity contribution in [2.75, 3.05) is 7.11 Å². The van der Waals surface area contributed by atoms with Crippen LogP contribution in [0.2, 0.25) is 0 Å². The average Bonchev–Trinajstić information content (AvgIpc) is 2.37. The van der Waals surface area contributed by atoms with Gasteiger partial charge >= 0.3 is 0 Å². The van der Waals surface area contributed by atoms with E-state index < -0.39 is 0 Å². The van der Waals surface area contributed by atoms with E-state index in [2.05, 4.69) is 28.1 Å². The standard InChI is InChI=1S/C18H19BrO2/c1-11-7-12(2)18(13(3)8-11)16(20)10-14-9-15(19)5-6-17(14)21-4/h5-9H,10H2,1-4H3. The number of aryl methyl sites for hydroxylation is 3. The van der Waals surface area contributed by atoms with Crippen LogP contribution < -0.4 is 4.74 Å². The number of ether oxygens (including phenoxy) is 1. The minimum absolute atomic E-state index is 0.126. The van der Waals surface area contributed by atoms with Gasteiger partial charge in [0.05, 0.1) is 7.11 Å². The molecule has 0 aliphatic rings. The molecular formula is C18H19BrO2. The van der Waals surface area contributed by atoms with Crippen molar-refractivity contribution >= 4 is 21.7 Å². The Morgan fingerprint density at radius 2 is 1.71 bits per heavy atom. The van der Waals surface area contributed by atoms with Crippen molar-refractivity contribution in [3.8, 4) is 5.75 Å². The predicted molar refractivity (Wildman–Crippen MR) is 89.4 cm³/mol. The van der Waals surface area contributed by atoms with Gasteiger partial charge in [-0.2, -0.15) is 0 Å². The molecular weight excluding hydrogens is 328 g/mol. The van der Waals surface area contributed by atoms with Crippen LogP contribution in [0.5, 0.6) is 5.75 Å². The van der Waals surface area contributed by atoms with Crippen molar-refractivity contribution < 1.29 is 9.53 Å². The summed E-state index contributed by atoms with van der Waals surface area (Å²) < 4.78 is 6.29. The van der Waals surface area contributed by atoms with Crippen molar-refractivity contribution in [1.82, 2.24) is 0 Å². The number of hydrogen-bond donors (Lipinski definition) is 0. The second kappa shape index (κ2) is 6.44. The number of carbonyl (C=O) groups excluding carboxylic acids is 1. The SMILES string of the molecule is COc1ccc(Br)cc1CC(=O)c1c(C)cc(C)cc1C. The lowest BCUT2D eigenvalue weighted by Crippen LogP contribution is -2.09. The smallest absolute Gasteiger partial charge is 0.167 e. The predicted octanol–water partition coefficient (Wildman–Crippen LogP) is 4.81. The molecule has 0 aromatic heterocycles. The number of methoxy groups -OCH3 is 1. The molecule has 0 aliphatic carbocycles. The van der Waals surface area contributed by atoms with Crippen LogP contribution in [0.1, 0.15) is 32.6 Å². The number of halogens is 1. The van der Waals surface area contributed by atoms with E-state index in [0.29, 0.717) is 6.42 Å². The summed E-state index contributed by atoms with van der Waals surface area (Å²) in [6, 6.07) is 9.84. The number of benzene rings is 2. The normalized spacial score (nSPS) is 10.5. The van der Waals surface area contributed by atoms with E-state index in [1.165, 1.54) is 5.56 Å². The molecule has 0 atom stereocenters. The second-order valence-electron chi connectivity index (χ2n) is 5.33. The van der Waals surface area contributed by atoms with Crippen molar-refractivity contribution in [3.63, 3.8) is 0 Å². The molecule has 0 saturated heterocycles.